The minimum absolute atomic E-state index is 0.212. The van der Waals surface area contributed by atoms with E-state index >= 15 is 0 Å². The fraction of sp³-hybridized carbons (Fsp3) is 0.714. The van der Waals surface area contributed by atoms with Crippen LogP contribution in [0.15, 0.2) is 23.3 Å². The predicted octanol–water partition coefficient (Wildman–Crippen LogP) is 1.24. The van der Waals surface area contributed by atoms with Gasteiger partial charge in [0.25, 0.3) is 7.37 Å². The van der Waals surface area contributed by atoms with Crippen molar-refractivity contribution >= 4 is 15.3 Å². The van der Waals surface area contributed by atoms with Crippen LogP contribution in [0.3, 0.4) is 0 Å². The lowest BCUT2D eigenvalue weighted by Gasteiger charge is -2.49. The molecule has 2 atom stereocenters. The van der Waals surface area contributed by atoms with Crippen LogP contribution < -0.4 is 14.7 Å². The van der Waals surface area contributed by atoms with Gasteiger partial charge in [-0.05, 0) is 52.9 Å². The fourth-order valence-electron chi connectivity index (χ4n) is 2.01. The summed E-state index contributed by atoms with van der Waals surface area (Å²) in [5.41, 5.74) is 2.40. The van der Waals surface area contributed by atoms with Crippen LogP contribution in [0.2, 0.25) is 0 Å². The minimum Gasteiger partial charge on any atom is -0.687 e. The molecule has 0 bridgehead atoms. The second-order valence-electron chi connectivity index (χ2n) is 5.72. The van der Waals surface area contributed by atoms with Crippen LogP contribution in [-0.4, -0.2) is 21.7 Å². The highest BCUT2D eigenvalue weighted by Crippen LogP contribution is 2.61. The molecule has 0 saturated heterocycles. The zero-order valence-corrected chi connectivity index (χ0v) is 15.2. The highest BCUT2D eigenvalue weighted by Gasteiger charge is 2.36. The maximum Gasteiger partial charge on any atom is 0.262 e. The van der Waals surface area contributed by atoms with Gasteiger partial charge in [0, 0.05) is 0 Å². The van der Waals surface area contributed by atoms with Crippen molar-refractivity contribution in [1.82, 2.24) is 0 Å². The van der Waals surface area contributed by atoms with E-state index in [1.807, 2.05) is 26.8 Å². The Morgan fingerprint density at radius 1 is 1.18 bits per heavy atom. The molecule has 130 valence electrons. The molecule has 22 heavy (non-hydrogen) atoms. The SMILES string of the molecule is CC(C)=CCC/C(C)=C/CCCC(P(=O)(O)CO)[P+]([O-])([O-])[O-]. The number of allylic oxidation sites excluding steroid dienone is 4. The zero-order valence-electron chi connectivity index (χ0n) is 13.4. The molecule has 0 radical (unpaired) electrons. The first kappa shape index (κ1) is 21.9. The molecule has 0 aliphatic rings. The molecule has 0 fully saturated rings. The Morgan fingerprint density at radius 2 is 1.77 bits per heavy atom. The number of aliphatic hydroxyl groups excluding tert-OH is 1. The summed E-state index contributed by atoms with van der Waals surface area (Å²) < 4.78 is 11.6. The third kappa shape index (κ3) is 9.16. The quantitative estimate of drug-likeness (QED) is 0.346. The number of hydrogen-bond acceptors (Lipinski definition) is 5. The molecular formula is C14H26O6P2-2. The van der Waals surface area contributed by atoms with Crippen molar-refractivity contribution in [3.8, 4) is 0 Å². The van der Waals surface area contributed by atoms with Gasteiger partial charge in [-0.2, -0.15) is 0 Å². The Labute approximate surface area is 133 Å². The van der Waals surface area contributed by atoms with E-state index in [4.69, 9.17) is 5.11 Å². The van der Waals surface area contributed by atoms with Crippen molar-refractivity contribution in [3.63, 3.8) is 0 Å². The molecule has 0 aromatic carbocycles. The summed E-state index contributed by atoms with van der Waals surface area (Å²) in [7, 11) is -9.57. The van der Waals surface area contributed by atoms with Gasteiger partial charge in [-0.25, -0.2) is 0 Å². The summed E-state index contributed by atoms with van der Waals surface area (Å²) in [6.45, 7) is 6.02. The molecule has 0 saturated carbocycles. The number of aliphatic hydroxyl groups is 1. The second-order valence-corrected chi connectivity index (χ2v) is 10.2. The summed E-state index contributed by atoms with van der Waals surface area (Å²) in [5, 5.41) is 6.89. The van der Waals surface area contributed by atoms with Gasteiger partial charge in [-0.3, -0.25) is 4.57 Å². The van der Waals surface area contributed by atoms with Crippen LogP contribution >= 0.6 is 15.3 Å². The average molecular weight is 352 g/mol. The van der Waals surface area contributed by atoms with Crippen molar-refractivity contribution in [2.45, 2.75) is 58.3 Å². The Bertz CT molecular complexity index is 435. The molecule has 0 aromatic rings. The molecular weight excluding hydrogens is 326 g/mol. The Balaban J connectivity index is 4.41. The first-order valence-electron chi connectivity index (χ1n) is 7.23. The van der Waals surface area contributed by atoms with E-state index in [0.717, 1.165) is 18.4 Å². The first-order valence-corrected chi connectivity index (χ1v) is 10.8. The van der Waals surface area contributed by atoms with E-state index in [1.165, 1.54) is 5.57 Å². The number of unbranched alkanes of at least 4 members (excludes halogenated alkanes) is 1. The van der Waals surface area contributed by atoms with Gasteiger partial charge in [-0.15, -0.1) is 7.94 Å². The summed E-state index contributed by atoms with van der Waals surface area (Å²) in [4.78, 5) is 42.6. The van der Waals surface area contributed by atoms with E-state index < -0.39 is 27.1 Å². The minimum atomic E-state index is -5.21. The normalized spacial score (nSPS) is 17.0. The molecule has 6 nitrogen and oxygen atoms in total. The van der Waals surface area contributed by atoms with Crippen molar-refractivity contribution in [2.75, 3.05) is 6.35 Å². The van der Waals surface area contributed by atoms with Crippen LogP contribution in [-0.2, 0) is 4.57 Å². The Morgan fingerprint density at radius 3 is 2.23 bits per heavy atom. The first-order chi connectivity index (χ1) is 10.0. The molecule has 0 aliphatic heterocycles. The Kier molecular flexibility index (Phi) is 9.91. The topological polar surface area (TPSA) is 127 Å². The summed E-state index contributed by atoms with van der Waals surface area (Å²) >= 11 is 0. The molecule has 0 rings (SSSR count). The highest BCUT2D eigenvalue weighted by molar-refractivity contribution is 7.74. The molecule has 2 N–H and O–H groups in total. The maximum atomic E-state index is 11.6. The standard InChI is InChI=1S/C14H28O6P2/c1-12(2)7-6-9-13(3)8-4-5-10-14(22(18,19)20)21(16,17)11-15/h7-8,14-15H,4-6,9-11H2,1-3H3,(H,16,17)(H2,18,19,20)/p-2/b13-8+. The fourth-order valence-corrected chi connectivity index (χ4v) is 5.27. The smallest absolute Gasteiger partial charge is 0.262 e. The lowest BCUT2D eigenvalue weighted by Crippen LogP contribution is -2.41. The summed E-state index contributed by atoms with van der Waals surface area (Å²) in [6, 6.07) is 0. The van der Waals surface area contributed by atoms with Gasteiger partial charge >= 0.3 is 0 Å². The van der Waals surface area contributed by atoms with Crippen molar-refractivity contribution < 1.29 is 29.2 Å². The number of hydrogen-bond donors (Lipinski definition) is 2. The average Bonchev–Trinajstić information content (AvgIpc) is 2.36. The molecule has 0 heterocycles. The van der Waals surface area contributed by atoms with Gasteiger partial charge in [0.15, 0.2) is 0 Å². The van der Waals surface area contributed by atoms with Gasteiger partial charge in [0.05, 0.1) is 0 Å². The monoisotopic (exact) mass is 352 g/mol. The lowest BCUT2D eigenvalue weighted by molar-refractivity contribution is -0.429. The zero-order chi connectivity index (χ0) is 17.4. The van der Waals surface area contributed by atoms with Crippen LogP contribution in [0.25, 0.3) is 0 Å². The van der Waals surface area contributed by atoms with Crippen molar-refractivity contribution in [1.29, 1.82) is 0 Å². The predicted molar refractivity (Wildman–Crippen MR) is 83.9 cm³/mol. The summed E-state index contributed by atoms with van der Waals surface area (Å²) in [6.07, 6.45) is 5.33. The van der Waals surface area contributed by atoms with E-state index in [0.29, 0.717) is 12.8 Å². The maximum absolute atomic E-state index is 11.6. The third-order valence-corrected chi connectivity index (χ3v) is 7.80. The molecule has 0 aromatic heterocycles. The van der Waals surface area contributed by atoms with Gasteiger partial charge < -0.3 is 24.7 Å². The van der Waals surface area contributed by atoms with E-state index in [2.05, 4.69) is 6.08 Å². The molecule has 0 aliphatic carbocycles. The second kappa shape index (κ2) is 9.94. The molecule has 8 heteroatoms. The third-order valence-electron chi connectivity index (χ3n) is 3.28. The van der Waals surface area contributed by atoms with Crippen LogP contribution in [0.5, 0.6) is 0 Å². The van der Waals surface area contributed by atoms with Crippen LogP contribution in [0.4, 0.5) is 0 Å². The van der Waals surface area contributed by atoms with Crippen LogP contribution in [0, 0.1) is 0 Å². The van der Waals surface area contributed by atoms with E-state index in [1.54, 1.807) is 0 Å². The van der Waals surface area contributed by atoms with Gasteiger partial charge in [-0.1, -0.05) is 23.3 Å². The Hall–Kier alpha value is -0.0600. The van der Waals surface area contributed by atoms with E-state index in [-0.39, 0.29) is 6.42 Å². The van der Waals surface area contributed by atoms with Gasteiger partial charge in [0.2, 0.25) is 0 Å². The molecule has 0 spiro atoms. The van der Waals surface area contributed by atoms with Crippen molar-refractivity contribution in [3.05, 3.63) is 23.3 Å². The highest BCUT2D eigenvalue weighted by atomic mass is 31.3. The van der Waals surface area contributed by atoms with Crippen LogP contribution in [0.1, 0.15) is 52.9 Å². The number of rotatable bonds is 10. The van der Waals surface area contributed by atoms with Gasteiger partial charge in [0.1, 0.15) is 11.7 Å². The van der Waals surface area contributed by atoms with Crippen molar-refractivity contribution in [2.24, 2.45) is 0 Å². The lowest BCUT2D eigenvalue weighted by atomic mass is 10.1. The molecule has 0 amide bonds. The summed E-state index contributed by atoms with van der Waals surface area (Å²) in [5.74, 6) is 0. The molecule has 2 unspecified atom stereocenters. The van der Waals surface area contributed by atoms with E-state index in [9.17, 15) is 24.1 Å². The largest absolute Gasteiger partial charge is 0.687 e.